The van der Waals surface area contributed by atoms with Gasteiger partial charge < -0.3 is 30.7 Å². The standard InChI is InChI=1S/C26H40F2N4O7/c1-25(2,3)20(31-24(37)38)23(36)32-12-15(14-8-10-39-13-14)11-18(32)21(34)30-17(7-9-26(4,27)28)19(33)22(35)29-16-5-6-16/h14-18,20,31H,5-13H2,1-4H3,(H,29,35)(H,30,34)(H,37,38)/t14-,15?,17+,18?,20-/m1/s1. The zero-order valence-electron chi connectivity index (χ0n) is 22.9. The van der Waals surface area contributed by atoms with Crippen molar-refractivity contribution in [2.75, 3.05) is 19.8 Å². The second-order valence-electron chi connectivity index (χ2n) is 12.2. The summed E-state index contributed by atoms with van der Waals surface area (Å²) in [6.45, 7) is 6.95. The lowest BCUT2D eigenvalue weighted by molar-refractivity contribution is -0.144. The van der Waals surface area contributed by atoms with Gasteiger partial charge in [0.15, 0.2) is 0 Å². The molecular formula is C26H40F2N4O7. The lowest BCUT2D eigenvalue weighted by atomic mass is 9.85. The van der Waals surface area contributed by atoms with Crippen molar-refractivity contribution in [1.29, 1.82) is 0 Å². The number of likely N-dealkylation sites (tertiary alicyclic amines) is 1. The van der Waals surface area contributed by atoms with Crippen molar-refractivity contribution in [1.82, 2.24) is 20.9 Å². The Morgan fingerprint density at radius 3 is 2.21 bits per heavy atom. The molecule has 4 N–H and O–H groups in total. The summed E-state index contributed by atoms with van der Waals surface area (Å²) in [7, 11) is 0. The van der Waals surface area contributed by atoms with Gasteiger partial charge in [-0.3, -0.25) is 19.2 Å². The number of rotatable bonds is 11. The van der Waals surface area contributed by atoms with Crippen LogP contribution in [0.1, 0.15) is 66.2 Å². The SMILES string of the molecule is CC(F)(F)CC[C@H](NC(=O)C1CC([C@@H]2CCOC2)CN1C(=O)[C@@H](NC(=O)O)C(C)(C)C)C(=O)C(=O)NC1CC1. The van der Waals surface area contributed by atoms with Crippen molar-refractivity contribution in [3.63, 3.8) is 0 Å². The summed E-state index contributed by atoms with van der Waals surface area (Å²) in [5.74, 6) is -6.46. The number of carboxylic acid groups (broad SMARTS) is 1. The van der Waals surface area contributed by atoms with Crippen LogP contribution < -0.4 is 16.0 Å². The number of ether oxygens (including phenoxy) is 1. The van der Waals surface area contributed by atoms with Crippen LogP contribution in [0.25, 0.3) is 0 Å². The van der Waals surface area contributed by atoms with E-state index in [1.54, 1.807) is 20.8 Å². The van der Waals surface area contributed by atoms with Gasteiger partial charge in [0, 0.05) is 32.2 Å². The molecule has 0 aromatic heterocycles. The van der Waals surface area contributed by atoms with E-state index in [9.17, 15) is 37.9 Å². The van der Waals surface area contributed by atoms with Crippen molar-refractivity contribution < 1.29 is 42.6 Å². The van der Waals surface area contributed by atoms with E-state index in [1.807, 2.05) is 0 Å². The van der Waals surface area contributed by atoms with Gasteiger partial charge >= 0.3 is 6.09 Å². The summed E-state index contributed by atoms with van der Waals surface area (Å²) >= 11 is 0. The van der Waals surface area contributed by atoms with Crippen molar-refractivity contribution in [2.24, 2.45) is 17.3 Å². The van der Waals surface area contributed by atoms with Gasteiger partial charge in [0.05, 0.1) is 6.04 Å². The molecule has 39 heavy (non-hydrogen) atoms. The maximum absolute atomic E-state index is 13.7. The Balaban J connectivity index is 1.84. The smallest absolute Gasteiger partial charge is 0.405 e. The first-order chi connectivity index (χ1) is 18.1. The lowest BCUT2D eigenvalue weighted by Crippen LogP contribution is -2.59. The Labute approximate surface area is 226 Å². The molecule has 3 rings (SSSR count). The minimum Gasteiger partial charge on any atom is -0.465 e. The van der Waals surface area contributed by atoms with Crippen molar-refractivity contribution in [2.45, 2.75) is 96.3 Å². The highest BCUT2D eigenvalue weighted by molar-refractivity contribution is 6.38. The topological polar surface area (TPSA) is 154 Å². The van der Waals surface area contributed by atoms with E-state index in [-0.39, 0.29) is 30.8 Å². The van der Waals surface area contributed by atoms with Crippen LogP contribution in [0.4, 0.5) is 13.6 Å². The molecular weight excluding hydrogens is 518 g/mol. The van der Waals surface area contributed by atoms with Crippen molar-refractivity contribution in [3.05, 3.63) is 0 Å². The normalized spacial score (nSPS) is 25.1. The summed E-state index contributed by atoms with van der Waals surface area (Å²) in [6, 6.07) is -3.88. The molecule has 0 bridgehead atoms. The number of amides is 4. The average Bonchev–Trinajstić information content (AvgIpc) is 3.29. The number of carbonyl (C=O) groups is 5. The molecule has 5 atom stereocenters. The third-order valence-electron chi connectivity index (χ3n) is 7.57. The molecule has 13 heteroatoms. The van der Waals surface area contributed by atoms with Gasteiger partial charge in [-0.05, 0) is 56.3 Å². The van der Waals surface area contributed by atoms with Crippen molar-refractivity contribution >= 4 is 29.6 Å². The number of ketones is 1. The molecule has 220 valence electrons. The number of hydrogen-bond acceptors (Lipinski definition) is 6. The monoisotopic (exact) mass is 558 g/mol. The Morgan fingerprint density at radius 1 is 1.03 bits per heavy atom. The van der Waals surface area contributed by atoms with E-state index in [1.165, 1.54) is 4.90 Å². The van der Waals surface area contributed by atoms with Gasteiger partial charge in [-0.1, -0.05) is 20.8 Å². The first-order valence-corrected chi connectivity index (χ1v) is 13.5. The molecule has 3 aliphatic rings. The van der Waals surface area contributed by atoms with Crippen LogP contribution in [0.5, 0.6) is 0 Å². The second kappa shape index (κ2) is 12.1. The van der Waals surface area contributed by atoms with Crippen LogP contribution in [0.3, 0.4) is 0 Å². The molecule has 0 spiro atoms. The fourth-order valence-electron chi connectivity index (χ4n) is 5.14. The summed E-state index contributed by atoms with van der Waals surface area (Å²) in [4.78, 5) is 65.3. The molecule has 2 unspecified atom stereocenters. The molecule has 0 aromatic carbocycles. The number of nitrogens with zero attached hydrogens (tertiary/aromatic N) is 1. The molecule has 3 fully saturated rings. The lowest BCUT2D eigenvalue weighted by Gasteiger charge is -2.35. The van der Waals surface area contributed by atoms with Crippen LogP contribution in [0.15, 0.2) is 0 Å². The highest BCUT2D eigenvalue weighted by Crippen LogP contribution is 2.35. The average molecular weight is 559 g/mol. The molecule has 0 radical (unpaired) electrons. The highest BCUT2D eigenvalue weighted by atomic mass is 19.3. The largest absolute Gasteiger partial charge is 0.465 e. The summed E-state index contributed by atoms with van der Waals surface area (Å²) in [5, 5.41) is 16.6. The Kier molecular flexibility index (Phi) is 9.56. The summed E-state index contributed by atoms with van der Waals surface area (Å²) in [5.41, 5.74) is -0.822. The Hall–Kier alpha value is -2.83. The minimum atomic E-state index is -3.12. The van der Waals surface area contributed by atoms with Crippen molar-refractivity contribution in [3.8, 4) is 0 Å². The Morgan fingerprint density at radius 2 is 1.69 bits per heavy atom. The maximum atomic E-state index is 13.7. The first-order valence-electron chi connectivity index (χ1n) is 13.5. The van der Waals surface area contributed by atoms with Gasteiger partial charge in [0.25, 0.3) is 5.91 Å². The molecule has 2 heterocycles. The van der Waals surface area contributed by atoms with E-state index >= 15 is 0 Å². The van der Waals surface area contributed by atoms with Crippen LogP contribution in [-0.4, -0.2) is 89.5 Å². The van der Waals surface area contributed by atoms with E-state index in [0.717, 1.165) is 6.42 Å². The molecule has 2 aliphatic heterocycles. The van der Waals surface area contributed by atoms with Gasteiger partial charge in [-0.15, -0.1) is 0 Å². The zero-order valence-corrected chi connectivity index (χ0v) is 22.9. The minimum absolute atomic E-state index is 0.0825. The van der Waals surface area contributed by atoms with Gasteiger partial charge in [0.1, 0.15) is 12.1 Å². The van der Waals surface area contributed by atoms with E-state index < -0.39 is 71.9 Å². The van der Waals surface area contributed by atoms with E-state index in [0.29, 0.717) is 33.0 Å². The van der Waals surface area contributed by atoms with Gasteiger partial charge in [-0.25, -0.2) is 13.6 Å². The third kappa shape index (κ3) is 8.58. The van der Waals surface area contributed by atoms with Crippen LogP contribution in [0.2, 0.25) is 0 Å². The number of hydrogen-bond donors (Lipinski definition) is 4. The Bertz CT molecular complexity index is 955. The van der Waals surface area contributed by atoms with Gasteiger partial charge in [-0.2, -0.15) is 0 Å². The quantitative estimate of drug-likeness (QED) is 0.282. The maximum Gasteiger partial charge on any atom is 0.405 e. The van der Waals surface area contributed by atoms with Crippen LogP contribution in [-0.2, 0) is 23.9 Å². The van der Waals surface area contributed by atoms with E-state index in [2.05, 4.69) is 16.0 Å². The van der Waals surface area contributed by atoms with E-state index in [4.69, 9.17) is 4.74 Å². The third-order valence-corrected chi connectivity index (χ3v) is 7.57. The molecule has 2 saturated heterocycles. The predicted molar refractivity (Wildman–Crippen MR) is 135 cm³/mol. The predicted octanol–water partition coefficient (Wildman–Crippen LogP) is 1.69. The highest BCUT2D eigenvalue weighted by Gasteiger charge is 2.47. The van der Waals surface area contributed by atoms with Crippen LogP contribution in [0, 0.1) is 17.3 Å². The molecule has 0 aromatic rings. The number of Topliss-reactive ketones (excluding diaryl/α,β-unsaturated/α-hetero) is 1. The fourth-order valence-corrected chi connectivity index (χ4v) is 5.14. The zero-order chi connectivity index (χ0) is 29.1. The summed E-state index contributed by atoms with van der Waals surface area (Å²) in [6.07, 6.45) is -0.180. The number of nitrogens with one attached hydrogen (secondary N) is 3. The molecule has 4 amide bonds. The molecule has 1 aliphatic carbocycles. The van der Waals surface area contributed by atoms with Gasteiger partial charge in [0.2, 0.25) is 23.5 Å². The van der Waals surface area contributed by atoms with Crippen LogP contribution >= 0.6 is 0 Å². The number of carbonyl (C=O) groups excluding carboxylic acids is 4. The second-order valence-corrected chi connectivity index (χ2v) is 12.2. The summed E-state index contributed by atoms with van der Waals surface area (Å²) < 4.78 is 32.8. The fraction of sp³-hybridized carbons (Fsp3) is 0.808. The first kappa shape index (κ1) is 30.7. The molecule has 1 saturated carbocycles. The molecule has 11 nitrogen and oxygen atoms in total. The number of halogens is 2. The number of alkyl halides is 2.